The SMILES string of the molecule is CNS(=O)(=O)c1ccc(N)c(Sc2nnc(N(C)C)s2)c1. The van der Waals surface area contributed by atoms with Gasteiger partial charge in [0.15, 0.2) is 4.34 Å². The van der Waals surface area contributed by atoms with Gasteiger partial charge in [0, 0.05) is 24.7 Å². The van der Waals surface area contributed by atoms with Gasteiger partial charge in [0.2, 0.25) is 15.2 Å². The number of hydrogen-bond donors (Lipinski definition) is 2. The summed E-state index contributed by atoms with van der Waals surface area (Å²) in [4.78, 5) is 2.65. The topological polar surface area (TPSA) is 101 Å². The summed E-state index contributed by atoms with van der Waals surface area (Å²) in [6.45, 7) is 0. The molecule has 0 bridgehead atoms. The van der Waals surface area contributed by atoms with E-state index in [4.69, 9.17) is 5.73 Å². The predicted molar refractivity (Wildman–Crippen MR) is 85.5 cm³/mol. The van der Waals surface area contributed by atoms with E-state index in [9.17, 15) is 8.42 Å². The predicted octanol–water partition coefficient (Wildman–Crippen LogP) is 1.25. The standard InChI is InChI=1S/C11H15N5O2S3/c1-13-21(17,18)7-4-5-8(12)9(6-7)19-11-15-14-10(20-11)16(2)3/h4-6,13H,12H2,1-3H3. The zero-order valence-electron chi connectivity index (χ0n) is 11.7. The fraction of sp³-hybridized carbons (Fsp3) is 0.273. The summed E-state index contributed by atoms with van der Waals surface area (Å²) in [7, 11) is 1.63. The summed E-state index contributed by atoms with van der Waals surface area (Å²) in [5.41, 5.74) is 6.40. The monoisotopic (exact) mass is 345 g/mol. The van der Waals surface area contributed by atoms with Crippen molar-refractivity contribution in [3.8, 4) is 0 Å². The van der Waals surface area contributed by atoms with E-state index in [-0.39, 0.29) is 4.90 Å². The zero-order chi connectivity index (χ0) is 15.6. The molecule has 0 atom stereocenters. The molecule has 0 unspecified atom stereocenters. The first kappa shape index (κ1) is 16.0. The molecule has 0 fully saturated rings. The highest BCUT2D eigenvalue weighted by Gasteiger charge is 2.15. The molecule has 2 aromatic rings. The summed E-state index contributed by atoms with van der Waals surface area (Å²) < 4.78 is 26.6. The van der Waals surface area contributed by atoms with Crippen LogP contribution >= 0.6 is 23.1 Å². The Labute approximate surface area is 131 Å². The van der Waals surface area contributed by atoms with Crippen LogP contribution in [0.4, 0.5) is 10.8 Å². The van der Waals surface area contributed by atoms with Crippen LogP contribution in [0.5, 0.6) is 0 Å². The van der Waals surface area contributed by atoms with Crippen molar-refractivity contribution in [2.75, 3.05) is 31.8 Å². The third-order valence-electron chi connectivity index (χ3n) is 2.54. The van der Waals surface area contributed by atoms with Crippen LogP contribution in [-0.4, -0.2) is 39.8 Å². The van der Waals surface area contributed by atoms with E-state index in [0.717, 1.165) is 5.13 Å². The van der Waals surface area contributed by atoms with Crippen LogP contribution in [0.25, 0.3) is 0 Å². The molecule has 0 radical (unpaired) electrons. The average molecular weight is 345 g/mol. The van der Waals surface area contributed by atoms with Gasteiger partial charge < -0.3 is 10.6 Å². The van der Waals surface area contributed by atoms with E-state index in [1.54, 1.807) is 6.07 Å². The third kappa shape index (κ3) is 3.64. The van der Waals surface area contributed by atoms with Crippen molar-refractivity contribution in [3.05, 3.63) is 18.2 Å². The van der Waals surface area contributed by atoms with Crippen LogP contribution in [0.15, 0.2) is 32.3 Å². The van der Waals surface area contributed by atoms with Gasteiger partial charge in [-0.05, 0) is 25.2 Å². The highest BCUT2D eigenvalue weighted by molar-refractivity contribution is 8.01. The molecule has 0 aliphatic carbocycles. The average Bonchev–Trinajstić information content (AvgIpc) is 2.90. The van der Waals surface area contributed by atoms with Crippen LogP contribution in [0.2, 0.25) is 0 Å². The van der Waals surface area contributed by atoms with Crippen LogP contribution in [0, 0.1) is 0 Å². The number of nitrogens with two attached hydrogens (primary N) is 1. The lowest BCUT2D eigenvalue weighted by Gasteiger charge is -2.07. The van der Waals surface area contributed by atoms with Crippen molar-refractivity contribution in [2.45, 2.75) is 14.1 Å². The van der Waals surface area contributed by atoms with Gasteiger partial charge in [-0.25, -0.2) is 13.1 Å². The number of nitrogens with one attached hydrogen (secondary N) is 1. The summed E-state index contributed by atoms with van der Waals surface area (Å²) in [6.07, 6.45) is 0. The van der Waals surface area contributed by atoms with Crippen LogP contribution in [0.1, 0.15) is 0 Å². The van der Waals surface area contributed by atoms with E-state index >= 15 is 0 Å². The molecule has 10 heteroatoms. The Morgan fingerprint density at radius 1 is 1.33 bits per heavy atom. The maximum absolute atomic E-state index is 11.8. The van der Waals surface area contributed by atoms with Crippen molar-refractivity contribution < 1.29 is 8.42 Å². The molecule has 0 saturated carbocycles. The molecule has 0 aliphatic rings. The summed E-state index contributed by atoms with van der Waals surface area (Å²) in [5, 5.41) is 8.86. The van der Waals surface area contributed by atoms with Gasteiger partial charge in [-0.2, -0.15) is 0 Å². The van der Waals surface area contributed by atoms with E-state index in [2.05, 4.69) is 14.9 Å². The second-order valence-corrected chi connectivity index (χ2v) is 8.39. The van der Waals surface area contributed by atoms with Gasteiger partial charge in [0.1, 0.15) is 0 Å². The molecule has 1 aromatic heterocycles. The van der Waals surface area contributed by atoms with Gasteiger partial charge in [-0.3, -0.25) is 0 Å². The van der Waals surface area contributed by atoms with Gasteiger partial charge in [0.25, 0.3) is 0 Å². The van der Waals surface area contributed by atoms with Crippen molar-refractivity contribution >= 4 is 43.9 Å². The number of benzene rings is 1. The Kier molecular flexibility index (Phi) is 4.71. The second-order valence-electron chi connectivity index (χ2n) is 4.25. The fourth-order valence-electron chi connectivity index (χ4n) is 1.41. The second kappa shape index (κ2) is 6.18. The lowest BCUT2D eigenvalue weighted by atomic mass is 10.3. The van der Waals surface area contributed by atoms with Gasteiger partial charge in [-0.15, -0.1) is 10.2 Å². The number of rotatable bonds is 5. The van der Waals surface area contributed by atoms with E-state index in [1.807, 2.05) is 19.0 Å². The van der Waals surface area contributed by atoms with E-state index < -0.39 is 10.0 Å². The molecule has 114 valence electrons. The fourth-order valence-corrected chi connectivity index (χ4v) is 4.04. The molecule has 0 saturated heterocycles. The first-order chi connectivity index (χ1) is 9.83. The molecule has 21 heavy (non-hydrogen) atoms. The number of sulfonamides is 1. The van der Waals surface area contributed by atoms with Crippen LogP contribution in [-0.2, 0) is 10.0 Å². The minimum atomic E-state index is -3.50. The molecule has 0 amide bonds. The van der Waals surface area contributed by atoms with Gasteiger partial charge in [-0.1, -0.05) is 23.1 Å². The van der Waals surface area contributed by atoms with Crippen molar-refractivity contribution in [2.24, 2.45) is 0 Å². The molecule has 3 N–H and O–H groups in total. The number of anilines is 2. The Balaban J connectivity index is 2.33. The molecule has 1 heterocycles. The summed E-state index contributed by atoms with van der Waals surface area (Å²) >= 11 is 2.70. The van der Waals surface area contributed by atoms with Crippen LogP contribution in [0.3, 0.4) is 0 Å². The quantitative estimate of drug-likeness (QED) is 0.786. The lowest BCUT2D eigenvalue weighted by molar-refractivity contribution is 0.588. The molecular formula is C11H15N5O2S3. The number of nitrogens with zero attached hydrogens (tertiary/aromatic N) is 3. The normalized spacial score (nSPS) is 11.6. The Hall–Kier alpha value is -1.36. The highest BCUT2D eigenvalue weighted by atomic mass is 32.2. The van der Waals surface area contributed by atoms with Crippen molar-refractivity contribution in [1.29, 1.82) is 0 Å². The number of aromatic nitrogens is 2. The first-order valence-corrected chi connectivity index (χ1v) is 8.97. The maximum Gasteiger partial charge on any atom is 0.240 e. The van der Waals surface area contributed by atoms with Gasteiger partial charge >= 0.3 is 0 Å². The molecule has 0 spiro atoms. The Bertz CT molecular complexity index is 742. The summed E-state index contributed by atoms with van der Waals surface area (Å²) in [5.74, 6) is 0. The zero-order valence-corrected chi connectivity index (χ0v) is 14.1. The number of nitrogen functional groups attached to an aromatic ring is 1. The molecule has 1 aromatic carbocycles. The van der Waals surface area contributed by atoms with E-state index in [0.29, 0.717) is 14.9 Å². The van der Waals surface area contributed by atoms with Crippen molar-refractivity contribution in [3.63, 3.8) is 0 Å². The molecule has 0 aliphatic heterocycles. The van der Waals surface area contributed by atoms with E-state index in [1.165, 1.54) is 42.3 Å². The van der Waals surface area contributed by atoms with Crippen LogP contribution < -0.4 is 15.4 Å². The maximum atomic E-state index is 11.8. The van der Waals surface area contributed by atoms with Crippen molar-refractivity contribution in [1.82, 2.24) is 14.9 Å². The summed E-state index contributed by atoms with van der Waals surface area (Å²) in [6, 6.07) is 4.57. The largest absolute Gasteiger partial charge is 0.398 e. The Morgan fingerprint density at radius 3 is 2.62 bits per heavy atom. The minimum absolute atomic E-state index is 0.166. The number of hydrogen-bond acceptors (Lipinski definition) is 8. The third-order valence-corrected chi connectivity index (χ3v) is 6.17. The highest BCUT2D eigenvalue weighted by Crippen LogP contribution is 2.36. The first-order valence-electron chi connectivity index (χ1n) is 5.85. The molecular weight excluding hydrogens is 330 g/mol. The smallest absolute Gasteiger partial charge is 0.240 e. The minimum Gasteiger partial charge on any atom is -0.398 e. The Morgan fingerprint density at radius 2 is 2.05 bits per heavy atom. The van der Waals surface area contributed by atoms with Gasteiger partial charge in [0.05, 0.1) is 4.90 Å². The molecule has 7 nitrogen and oxygen atoms in total. The lowest BCUT2D eigenvalue weighted by Crippen LogP contribution is -2.18. The molecule has 2 rings (SSSR count).